The summed E-state index contributed by atoms with van der Waals surface area (Å²) in [6.07, 6.45) is 1.40. The van der Waals surface area contributed by atoms with Crippen molar-refractivity contribution in [2.45, 2.75) is 18.9 Å². The van der Waals surface area contributed by atoms with Gasteiger partial charge in [-0.15, -0.1) is 0 Å². The summed E-state index contributed by atoms with van der Waals surface area (Å²) in [7, 11) is -2.10. The first-order chi connectivity index (χ1) is 6.20. The van der Waals surface area contributed by atoms with Gasteiger partial charge in [-0.3, -0.25) is 0 Å². The van der Waals surface area contributed by atoms with Gasteiger partial charge in [0.1, 0.15) is 5.75 Å². The second-order valence-corrected chi connectivity index (χ2v) is 4.23. The van der Waals surface area contributed by atoms with Crippen LogP contribution in [0, 0.1) is 0 Å². The number of aryl methyl sites for hydroxylation is 1. The van der Waals surface area contributed by atoms with E-state index in [4.69, 9.17) is 9.59 Å². The van der Waals surface area contributed by atoms with E-state index in [9.17, 15) is 5.11 Å². The second-order valence-electron chi connectivity index (χ2n) is 2.90. The fourth-order valence-corrected chi connectivity index (χ4v) is 1.65. The highest BCUT2D eigenvalue weighted by atomic mass is 28.3. The number of phenols is 1. The second kappa shape index (κ2) is 5.01. The number of hydrogen-bond donors (Lipinski definition) is 3. The Bertz CT molecular complexity index is 263. The average molecular weight is 197 g/mol. The number of benzene rings is 1. The monoisotopic (exact) mass is 197 g/mol. The van der Waals surface area contributed by atoms with Crippen molar-refractivity contribution in [2.24, 2.45) is 0 Å². The highest BCUT2D eigenvalue weighted by molar-refractivity contribution is 6.40. The van der Waals surface area contributed by atoms with E-state index < -0.39 is 9.28 Å². The van der Waals surface area contributed by atoms with Crippen LogP contribution in [0.25, 0.3) is 0 Å². The largest absolute Gasteiger partial charge is 0.508 e. The van der Waals surface area contributed by atoms with Crippen molar-refractivity contribution < 1.29 is 14.7 Å². The van der Waals surface area contributed by atoms with E-state index in [0.29, 0.717) is 18.9 Å². The third-order valence-electron chi connectivity index (χ3n) is 1.84. The van der Waals surface area contributed by atoms with Gasteiger partial charge in [-0.05, 0) is 30.5 Å². The molecule has 3 nitrogen and oxygen atoms in total. The van der Waals surface area contributed by atoms with Crippen molar-refractivity contribution in [3.05, 3.63) is 29.8 Å². The smallest absolute Gasteiger partial charge is 0.378 e. The summed E-state index contributed by atoms with van der Waals surface area (Å²) >= 11 is 0. The zero-order valence-electron chi connectivity index (χ0n) is 7.27. The lowest BCUT2D eigenvalue weighted by molar-refractivity contribution is 0.402. The molecule has 0 heterocycles. The van der Waals surface area contributed by atoms with E-state index in [0.717, 1.165) is 5.56 Å². The SMILES string of the molecule is Oc1ccccc1CCC[Si](O)O. The molecule has 0 bridgehead atoms. The standard InChI is InChI=1S/C9H13O3Si/c10-9-6-2-1-4-8(9)5-3-7-13(11)12/h1-2,4,6,10-12H,3,5,7H2. The van der Waals surface area contributed by atoms with Crippen LogP contribution in [0.5, 0.6) is 5.75 Å². The minimum absolute atomic E-state index is 0.284. The minimum Gasteiger partial charge on any atom is -0.508 e. The van der Waals surface area contributed by atoms with E-state index in [1.165, 1.54) is 0 Å². The first-order valence-corrected chi connectivity index (χ1v) is 5.81. The Morgan fingerprint density at radius 1 is 1.15 bits per heavy atom. The molecule has 0 saturated heterocycles. The Morgan fingerprint density at radius 2 is 1.85 bits per heavy atom. The first kappa shape index (κ1) is 10.2. The summed E-state index contributed by atoms with van der Waals surface area (Å²) < 4.78 is 0. The third kappa shape index (κ3) is 3.58. The van der Waals surface area contributed by atoms with Crippen molar-refractivity contribution in [1.29, 1.82) is 0 Å². The minimum atomic E-state index is -2.10. The number of phenolic OH excluding ortho intramolecular Hbond substituents is 1. The van der Waals surface area contributed by atoms with Crippen molar-refractivity contribution in [1.82, 2.24) is 0 Å². The normalized spacial score (nSPS) is 10.7. The van der Waals surface area contributed by atoms with Crippen LogP contribution in [0.1, 0.15) is 12.0 Å². The van der Waals surface area contributed by atoms with Crippen LogP contribution < -0.4 is 0 Å². The van der Waals surface area contributed by atoms with E-state index >= 15 is 0 Å². The van der Waals surface area contributed by atoms with Gasteiger partial charge in [0.2, 0.25) is 0 Å². The fourth-order valence-electron chi connectivity index (χ4n) is 1.16. The molecule has 0 saturated carbocycles. The molecule has 1 aromatic carbocycles. The van der Waals surface area contributed by atoms with Crippen LogP contribution in [0.2, 0.25) is 6.04 Å². The van der Waals surface area contributed by atoms with E-state index in [1.807, 2.05) is 12.1 Å². The topological polar surface area (TPSA) is 60.7 Å². The molecule has 13 heavy (non-hydrogen) atoms. The quantitative estimate of drug-likeness (QED) is 0.626. The Morgan fingerprint density at radius 3 is 2.46 bits per heavy atom. The van der Waals surface area contributed by atoms with Crippen LogP contribution in [-0.2, 0) is 6.42 Å². The predicted octanol–water partition coefficient (Wildman–Crippen LogP) is 0.798. The highest BCUT2D eigenvalue weighted by Crippen LogP contribution is 2.17. The third-order valence-corrected chi connectivity index (χ3v) is 2.64. The molecule has 1 radical (unpaired) electrons. The lowest BCUT2D eigenvalue weighted by Crippen LogP contribution is -2.09. The zero-order valence-corrected chi connectivity index (χ0v) is 8.27. The molecule has 0 unspecified atom stereocenters. The highest BCUT2D eigenvalue weighted by Gasteiger charge is 2.05. The summed E-state index contributed by atoms with van der Waals surface area (Å²) in [6.45, 7) is 0. The molecular formula is C9H13O3Si. The molecule has 0 aliphatic carbocycles. The van der Waals surface area contributed by atoms with E-state index in [1.54, 1.807) is 12.1 Å². The van der Waals surface area contributed by atoms with Gasteiger partial charge in [0.15, 0.2) is 0 Å². The molecular weight excluding hydrogens is 184 g/mol. The van der Waals surface area contributed by atoms with Crippen molar-refractivity contribution >= 4 is 9.28 Å². The van der Waals surface area contributed by atoms with Gasteiger partial charge >= 0.3 is 9.28 Å². The Balaban J connectivity index is 2.41. The van der Waals surface area contributed by atoms with Gasteiger partial charge in [0.25, 0.3) is 0 Å². The zero-order chi connectivity index (χ0) is 9.68. The maximum Gasteiger partial charge on any atom is 0.378 e. The Hall–Kier alpha value is -0.843. The predicted molar refractivity (Wildman–Crippen MR) is 51.4 cm³/mol. The number of para-hydroxylation sites is 1. The molecule has 71 valence electrons. The van der Waals surface area contributed by atoms with Gasteiger partial charge in [-0.2, -0.15) is 0 Å². The molecule has 1 aromatic rings. The van der Waals surface area contributed by atoms with Crippen LogP contribution >= 0.6 is 0 Å². The average Bonchev–Trinajstić information content (AvgIpc) is 2.08. The van der Waals surface area contributed by atoms with Gasteiger partial charge < -0.3 is 14.7 Å². The Kier molecular flexibility index (Phi) is 3.95. The van der Waals surface area contributed by atoms with Crippen LogP contribution in [-0.4, -0.2) is 24.0 Å². The lowest BCUT2D eigenvalue weighted by atomic mass is 10.1. The molecule has 3 N–H and O–H groups in total. The molecule has 0 spiro atoms. The van der Waals surface area contributed by atoms with Gasteiger partial charge in [-0.1, -0.05) is 18.2 Å². The summed E-state index contributed by atoms with van der Waals surface area (Å²) in [4.78, 5) is 17.4. The van der Waals surface area contributed by atoms with Crippen molar-refractivity contribution in [3.63, 3.8) is 0 Å². The summed E-state index contributed by atoms with van der Waals surface area (Å²) in [6, 6.07) is 7.56. The molecule has 4 heteroatoms. The van der Waals surface area contributed by atoms with Gasteiger partial charge in [-0.25, -0.2) is 0 Å². The lowest BCUT2D eigenvalue weighted by Gasteiger charge is -2.03. The summed E-state index contributed by atoms with van der Waals surface area (Å²) in [5.41, 5.74) is 0.866. The van der Waals surface area contributed by atoms with Crippen LogP contribution in [0.4, 0.5) is 0 Å². The van der Waals surface area contributed by atoms with E-state index in [2.05, 4.69) is 0 Å². The molecule has 0 aliphatic heterocycles. The summed E-state index contributed by atoms with van der Waals surface area (Å²) in [5, 5.41) is 9.36. The maximum absolute atomic E-state index is 9.36. The van der Waals surface area contributed by atoms with Crippen molar-refractivity contribution in [3.8, 4) is 5.75 Å². The number of rotatable bonds is 4. The molecule has 0 aromatic heterocycles. The number of hydrogen-bond acceptors (Lipinski definition) is 3. The van der Waals surface area contributed by atoms with E-state index in [-0.39, 0.29) is 5.75 Å². The fraction of sp³-hybridized carbons (Fsp3) is 0.333. The van der Waals surface area contributed by atoms with Crippen LogP contribution in [0.3, 0.4) is 0 Å². The first-order valence-electron chi connectivity index (χ1n) is 4.21. The number of aromatic hydroxyl groups is 1. The van der Waals surface area contributed by atoms with Gasteiger partial charge in [0, 0.05) is 0 Å². The van der Waals surface area contributed by atoms with Gasteiger partial charge in [0.05, 0.1) is 0 Å². The molecule has 1 rings (SSSR count). The maximum atomic E-state index is 9.36. The molecule has 0 amide bonds. The molecule has 0 atom stereocenters. The van der Waals surface area contributed by atoms with Crippen LogP contribution in [0.15, 0.2) is 24.3 Å². The Labute approximate surface area is 79.1 Å². The van der Waals surface area contributed by atoms with Crippen molar-refractivity contribution in [2.75, 3.05) is 0 Å². The molecule has 0 aliphatic rings. The molecule has 0 fully saturated rings. The summed E-state index contributed by atoms with van der Waals surface area (Å²) in [5.74, 6) is 0.284.